The van der Waals surface area contributed by atoms with Crippen LogP contribution in [0.15, 0.2) is 16.7 Å². The van der Waals surface area contributed by atoms with Crippen LogP contribution >= 0.6 is 15.9 Å². The molecule has 0 unspecified atom stereocenters. The van der Waals surface area contributed by atoms with Gasteiger partial charge < -0.3 is 0 Å². The van der Waals surface area contributed by atoms with E-state index < -0.39 is 0 Å². The molecule has 2 aromatic rings. The third kappa shape index (κ3) is 1.35. The van der Waals surface area contributed by atoms with Crippen molar-refractivity contribution in [3.8, 4) is 0 Å². The highest BCUT2D eigenvalue weighted by molar-refractivity contribution is 9.10. The molecule has 2 aromatic heterocycles. The zero-order valence-corrected chi connectivity index (χ0v) is 9.17. The van der Waals surface area contributed by atoms with Crippen molar-refractivity contribution < 1.29 is 0 Å². The minimum absolute atomic E-state index is 0.822. The third-order valence-electron chi connectivity index (χ3n) is 2.11. The number of fused-ring (bicyclic) bond motifs is 1. The fourth-order valence-corrected chi connectivity index (χ4v) is 1.85. The normalized spacial score (nSPS) is 11.0. The van der Waals surface area contributed by atoms with Crippen molar-refractivity contribution in [2.45, 2.75) is 13.3 Å². The van der Waals surface area contributed by atoms with Gasteiger partial charge in [0.1, 0.15) is 0 Å². The Balaban J connectivity index is 2.80. The lowest BCUT2D eigenvalue weighted by atomic mass is 10.2. The quantitative estimate of drug-likeness (QED) is 0.765. The molecule has 2 rings (SSSR count). The van der Waals surface area contributed by atoms with E-state index in [4.69, 9.17) is 0 Å². The summed E-state index contributed by atoms with van der Waals surface area (Å²) < 4.78 is 2.90. The Morgan fingerprint density at radius 1 is 1.54 bits per heavy atom. The molecule has 2 heterocycles. The summed E-state index contributed by atoms with van der Waals surface area (Å²) in [6, 6.07) is 2.06. The maximum Gasteiger partial charge on any atom is 0.181 e. The van der Waals surface area contributed by atoms with Crippen LogP contribution in [-0.2, 0) is 13.5 Å². The molecule has 0 atom stereocenters. The standard InChI is InChI=1S/C9H10BrN3/c1-3-8-7-4-6(10)5-11-9(7)12-13(8)2/h4-5H,3H2,1-2H3. The van der Waals surface area contributed by atoms with E-state index in [-0.39, 0.29) is 0 Å². The molecule has 0 aliphatic carbocycles. The Labute approximate surface area is 84.9 Å². The van der Waals surface area contributed by atoms with Gasteiger partial charge in [0, 0.05) is 28.8 Å². The smallest absolute Gasteiger partial charge is 0.181 e. The summed E-state index contributed by atoms with van der Waals surface area (Å²) in [5.74, 6) is 0. The molecule has 0 spiro atoms. The molecule has 0 radical (unpaired) electrons. The molecule has 0 amide bonds. The first-order valence-electron chi connectivity index (χ1n) is 4.19. The van der Waals surface area contributed by atoms with E-state index in [1.54, 1.807) is 6.20 Å². The molecule has 0 aliphatic rings. The van der Waals surface area contributed by atoms with Gasteiger partial charge >= 0.3 is 0 Å². The fraction of sp³-hybridized carbons (Fsp3) is 0.333. The Morgan fingerprint density at radius 3 is 3.00 bits per heavy atom. The maximum atomic E-state index is 4.31. The second kappa shape index (κ2) is 3.10. The Hall–Kier alpha value is -0.900. The predicted octanol–water partition coefficient (Wildman–Crippen LogP) is 2.29. The Morgan fingerprint density at radius 2 is 2.31 bits per heavy atom. The van der Waals surface area contributed by atoms with Gasteiger partial charge in [-0.2, -0.15) is 5.10 Å². The highest BCUT2D eigenvalue weighted by Crippen LogP contribution is 2.20. The van der Waals surface area contributed by atoms with E-state index in [0.29, 0.717) is 0 Å². The van der Waals surface area contributed by atoms with Crippen LogP contribution in [0.5, 0.6) is 0 Å². The van der Waals surface area contributed by atoms with Crippen molar-refractivity contribution in [3.05, 3.63) is 22.4 Å². The first-order chi connectivity index (χ1) is 6.22. The van der Waals surface area contributed by atoms with Gasteiger partial charge in [-0.25, -0.2) is 4.98 Å². The van der Waals surface area contributed by atoms with Gasteiger partial charge in [0.15, 0.2) is 5.65 Å². The zero-order chi connectivity index (χ0) is 9.42. The van der Waals surface area contributed by atoms with E-state index in [1.165, 1.54) is 5.69 Å². The summed E-state index contributed by atoms with van der Waals surface area (Å²) in [5.41, 5.74) is 2.05. The summed E-state index contributed by atoms with van der Waals surface area (Å²) in [7, 11) is 1.95. The molecule has 4 heteroatoms. The number of rotatable bonds is 1. The van der Waals surface area contributed by atoms with Crippen LogP contribution in [0, 0.1) is 0 Å². The summed E-state index contributed by atoms with van der Waals surface area (Å²) >= 11 is 3.41. The number of aryl methyl sites for hydroxylation is 2. The SMILES string of the molecule is CCc1c2cc(Br)cnc2nn1C. The zero-order valence-electron chi connectivity index (χ0n) is 7.58. The molecule has 68 valence electrons. The van der Waals surface area contributed by atoms with Gasteiger partial charge in [0.25, 0.3) is 0 Å². The minimum Gasteiger partial charge on any atom is -0.270 e. The average Bonchev–Trinajstić information content (AvgIpc) is 2.40. The van der Waals surface area contributed by atoms with E-state index in [0.717, 1.165) is 21.9 Å². The molecule has 0 saturated heterocycles. The molecule has 0 bridgehead atoms. The topological polar surface area (TPSA) is 30.7 Å². The summed E-state index contributed by atoms with van der Waals surface area (Å²) in [5, 5.41) is 5.45. The highest BCUT2D eigenvalue weighted by atomic mass is 79.9. The number of hydrogen-bond acceptors (Lipinski definition) is 2. The van der Waals surface area contributed by atoms with Crippen LogP contribution in [0.4, 0.5) is 0 Å². The summed E-state index contributed by atoms with van der Waals surface area (Å²) in [6.07, 6.45) is 2.75. The van der Waals surface area contributed by atoms with Gasteiger partial charge in [-0.1, -0.05) is 6.92 Å². The lowest BCUT2D eigenvalue weighted by Crippen LogP contribution is -1.95. The van der Waals surface area contributed by atoms with Crippen molar-refractivity contribution in [1.82, 2.24) is 14.8 Å². The second-order valence-electron chi connectivity index (χ2n) is 2.95. The Bertz CT molecular complexity index is 447. The molecular formula is C9H10BrN3. The van der Waals surface area contributed by atoms with Crippen molar-refractivity contribution in [3.63, 3.8) is 0 Å². The van der Waals surface area contributed by atoms with Gasteiger partial charge in [0.2, 0.25) is 0 Å². The fourth-order valence-electron chi connectivity index (χ4n) is 1.52. The molecular weight excluding hydrogens is 230 g/mol. The van der Waals surface area contributed by atoms with Gasteiger partial charge in [-0.15, -0.1) is 0 Å². The monoisotopic (exact) mass is 239 g/mol. The molecule has 3 nitrogen and oxygen atoms in total. The van der Waals surface area contributed by atoms with Crippen molar-refractivity contribution in [2.75, 3.05) is 0 Å². The number of nitrogens with zero attached hydrogens (tertiary/aromatic N) is 3. The first kappa shape index (κ1) is 8.69. The van der Waals surface area contributed by atoms with E-state index in [9.17, 15) is 0 Å². The molecule has 0 aliphatic heterocycles. The molecule has 13 heavy (non-hydrogen) atoms. The lowest BCUT2D eigenvalue weighted by Gasteiger charge is -1.96. The molecule has 0 N–H and O–H groups in total. The van der Waals surface area contributed by atoms with Crippen LogP contribution in [-0.4, -0.2) is 14.8 Å². The number of aromatic nitrogens is 3. The predicted molar refractivity (Wildman–Crippen MR) is 55.6 cm³/mol. The average molecular weight is 240 g/mol. The minimum atomic E-state index is 0.822. The number of hydrogen-bond donors (Lipinski definition) is 0. The first-order valence-corrected chi connectivity index (χ1v) is 4.98. The summed E-state index contributed by atoms with van der Waals surface area (Å²) in [4.78, 5) is 4.23. The maximum absolute atomic E-state index is 4.31. The van der Waals surface area contributed by atoms with Gasteiger partial charge in [0.05, 0.1) is 0 Å². The number of halogens is 1. The van der Waals surface area contributed by atoms with Crippen LogP contribution in [0.1, 0.15) is 12.6 Å². The van der Waals surface area contributed by atoms with Crippen molar-refractivity contribution >= 4 is 27.0 Å². The molecule has 0 aromatic carbocycles. The van der Waals surface area contributed by atoms with Crippen molar-refractivity contribution in [1.29, 1.82) is 0 Å². The lowest BCUT2D eigenvalue weighted by molar-refractivity contribution is 0.725. The van der Waals surface area contributed by atoms with Gasteiger partial charge in [-0.05, 0) is 28.4 Å². The number of pyridine rings is 1. The van der Waals surface area contributed by atoms with Crippen LogP contribution in [0.2, 0.25) is 0 Å². The molecule has 0 fully saturated rings. The van der Waals surface area contributed by atoms with Crippen LogP contribution in [0.25, 0.3) is 11.0 Å². The third-order valence-corrected chi connectivity index (χ3v) is 2.55. The van der Waals surface area contributed by atoms with Gasteiger partial charge in [-0.3, -0.25) is 4.68 Å². The largest absolute Gasteiger partial charge is 0.270 e. The van der Waals surface area contributed by atoms with Crippen molar-refractivity contribution in [2.24, 2.45) is 7.05 Å². The highest BCUT2D eigenvalue weighted by Gasteiger charge is 2.07. The molecule has 0 saturated carbocycles. The van der Waals surface area contributed by atoms with E-state index in [2.05, 4.69) is 39.0 Å². The van der Waals surface area contributed by atoms with Crippen LogP contribution in [0.3, 0.4) is 0 Å². The second-order valence-corrected chi connectivity index (χ2v) is 3.86. The van der Waals surface area contributed by atoms with E-state index in [1.807, 2.05) is 11.7 Å². The summed E-state index contributed by atoms with van der Waals surface area (Å²) in [6.45, 7) is 2.12. The van der Waals surface area contributed by atoms with Crippen LogP contribution < -0.4 is 0 Å². The Kier molecular flexibility index (Phi) is 2.07. The van der Waals surface area contributed by atoms with E-state index >= 15 is 0 Å².